The first-order chi connectivity index (χ1) is 9.67. The van der Waals surface area contributed by atoms with Crippen LogP contribution in [0.4, 0.5) is 5.69 Å². The van der Waals surface area contributed by atoms with E-state index in [2.05, 4.69) is 12.2 Å². The Morgan fingerprint density at radius 3 is 2.35 bits per heavy atom. The number of hydrogen-bond donors (Lipinski definition) is 2. The Morgan fingerprint density at radius 1 is 1.10 bits per heavy atom. The van der Waals surface area contributed by atoms with E-state index in [1.807, 2.05) is 24.3 Å². The maximum Gasteiger partial charge on any atom is 0.228 e. The van der Waals surface area contributed by atoms with Crippen LogP contribution in [0.2, 0.25) is 0 Å². The van der Waals surface area contributed by atoms with Crippen molar-refractivity contribution in [2.75, 3.05) is 11.1 Å². The highest BCUT2D eigenvalue weighted by Gasteiger charge is 2.04. The average Bonchev–Trinajstić information content (AvgIpc) is 2.44. The summed E-state index contributed by atoms with van der Waals surface area (Å²) in [6.07, 6.45) is 0.345. The lowest BCUT2D eigenvalue weighted by Gasteiger charge is -2.06. The minimum absolute atomic E-state index is 0.0633. The highest BCUT2D eigenvalue weighted by Crippen LogP contribution is 2.18. The molecule has 3 nitrogen and oxygen atoms in total. The molecule has 0 bridgehead atoms. The van der Waals surface area contributed by atoms with Crippen molar-refractivity contribution in [1.82, 2.24) is 0 Å². The molecule has 2 aromatic carbocycles. The molecule has 104 valence electrons. The van der Waals surface area contributed by atoms with Crippen LogP contribution in [-0.2, 0) is 11.2 Å². The van der Waals surface area contributed by atoms with Gasteiger partial charge in [-0.2, -0.15) is 0 Å². The van der Waals surface area contributed by atoms with Crippen molar-refractivity contribution < 1.29 is 9.90 Å². The maximum atomic E-state index is 11.9. The Labute approximate surface area is 123 Å². The molecule has 0 radical (unpaired) electrons. The summed E-state index contributed by atoms with van der Waals surface area (Å²) in [6.45, 7) is 2.11. The van der Waals surface area contributed by atoms with Crippen LogP contribution in [0.15, 0.2) is 53.4 Å². The third kappa shape index (κ3) is 4.31. The summed E-state index contributed by atoms with van der Waals surface area (Å²) in [5.41, 5.74) is 1.67. The molecule has 0 aliphatic carbocycles. The monoisotopic (exact) mass is 287 g/mol. The van der Waals surface area contributed by atoms with Crippen molar-refractivity contribution in [3.8, 4) is 5.75 Å². The average molecular weight is 287 g/mol. The molecule has 4 heteroatoms. The van der Waals surface area contributed by atoms with Gasteiger partial charge in [0.2, 0.25) is 5.91 Å². The zero-order chi connectivity index (χ0) is 14.4. The van der Waals surface area contributed by atoms with Gasteiger partial charge in [0.1, 0.15) is 5.75 Å². The first-order valence-electron chi connectivity index (χ1n) is 6.48. The molecule has 2 rings (SSSR count). The zero-order valence-electron chi connectivity index (χ0n) is 11.3. The second-order valence-electron chi connectivity index (χ2n) is 4.35. The SMILES string of the molecule is CCSc1ccc(CC(=O)Nc2ccc(O)cc2)cc1. The van der Waals surface area contributed by atoms with E-state index in [0.717, 1.165) is 11.3 Å². The van der Waals surface area contributed by atoms with Crippen molar-refractivity contribution >= 4 is 23.4 Å². The molecule has 0 spiro atoms. The summed E-state index contributed by atoms with van der Waals surface area (Å²) >= 11 is 1.78. The Balaban J connectivity index is 1.92. The normalized spacial score (nSPS) is 10.2. The van der Waals surface area contributed by atoms with Crippen LogP contribution >= 0.6 is 11.8 Å². The number of benzene rings is 2. The third-order valence-electron chi connectivity index (χ3n) is 2.75. The summed E-state index contributed by atoms with van der Waals surface area (Å²) in [6, 6.07) is 14.5. The van der Waals surface area contributed by atoms with Gasteiger partial charge in [-0.15, -0.1) is 11.8 Å². The fraction of sp³-hybridized carbons (Fsp3) is 0.188. The van der Waals surface area contributed by atoms with Gasteiger partial charge < -0.3 is 10.4 Å². The summed E-state index contributed by atoms with van der Waals surface area (Å²) in [5.74, 6) is 1.17. The van der Waals surface area contributed by atoms with Crippen molar-refractivity contribution in [2.45, 2.75) is 18.2 Å². The Kier molecular flexibility index (Phi) is 5.07. The molecule has 0 aliphatic rings. The largest absolute Gasteiger partial charge is 0.508 e. The predicted molar refractivity (Wildman–Crippen MR) is 83.3 cm³/mol. The smallest absolute Gasteiger partial charge is 0.228 e. The number of amides is 1. The van der Waals surface area contributed by atoms with Crippen LogP contribution in [0, 0.1) is 0 Å². The van der Waals surface area contributed by atoms with Crippen molar-refractivity contribution in [3.63, 3.8) is 0 Å². The number of phenolic OH excluding ortho intramolecular Hbond substituents is 1. The van der Waals surface area contributed by atoms with E-state index >= 15 is 0 Å². The third-order valence-corrected chi connectivity index (χ3v) is 3.64. The first kappa shape index (κ1) is 14.5. The molecule has 0 heterocycles. The van der Waals surface area contributed by atoms with Gasteiger partial charge in [-0.05, 0) is 47.7 Å². The van der Waals surface area contributed by atoms with Gasteiger partial charge in [0.15, 0.2) is 0 Å². The number of aromatic hydroxyl groups is 1. The number of thioether (sulfide) groups is 1. The zero-order valence-corrected chi connectivity index (χ0v) is 12.1. The van der Waals surface area contributed by atoms with Gasteiger partial charge >= 0.3 is 0 Å². The van der Waals surface area contributed by atoms with Crippen LogP contribution < -0.4 is 5.32 Å². The molecule has 2 N–H and O–H groups in total. The van der Waals surface area contributed by atoms with E-state index in [1.54, 1.807) is 36.0 Å². The van der Waals surface area contributed by atoms with E-state index in [-0.39, 0.29) is 11.7 Å². The highest BCUT2D eigenvalue weighted by molar-refractivity contribution is 7.99. The van der Waals surface area contributed by atoms with E-state index < -0.39 is 0 Å². The quantitative estimate of drug-likeness (QED) is 0.651. The number of phenols is 1. The van der Waals surface area contributed by atoms with Gasteiger partial charge in [-0.25, -0.2) is 0 Å². The van der Waals surface area contributed by atoms with Gasteiger partial charge in [-0.1, -0.05) is 19.1 Å². The van der Waals surface area contributed by atoms with Gasteiger partial charge in [-0.3, -0.25) is 4.79 Å². The lowest BCUT2D eigenvalue weighted by molar-refractivity contribution is -0.115. The van der Waals surface area contributed by atoms with E-state index in [4.69, 9.17) is 0 Å². The topological polar surface area (TPSA) is 49.3 Å². The molecule has 0 saturated carbocycles. The summed E-state index contributed by atoms with van der Waals surface area (Å²) in [4.78, 5) is 13.1. The second-order valence-corrected chi connectivity index (χ2v) is 5.69. The number of carbonyl (C=O) groups excluding carboxylic acids is 1. The minimum atomic E-state index is -0.0633. The van der Waals surface area contributed by atoms with E-state index in [0.29, 0.717) is 12.1 Å². The van der Waals surface area contributed by atoms with Crippen LogP contribution in [-0.4, -0.2) is 16.8 Å². The second kappa shape index (κ2) is 7.01. The van der Waals surface area contributed by atoms with E-state index in [9.17, 15) is 9.90 Å². The fourth-order valence-corrected chi connectivity index (χ4v) is 2.47. The standard InChI is InChI=1S/C16H17NO2S/c1-2-20-15-9-3-12(4-10-15)11-16(19)17-13-5-7-14(18)8-6-13/h3-10,18H,2,11H2,1H3,(H,17,19). The fourth-order valence-electron chi connectivity index (χ4n) is 1.81. The number of rotatable bonds is 5. The molecule has 0 aromatic heterocycles. The van der Waals surface area contributed by atoms with Crippen molar-refractivity contribution in [2.24, 2.45) is 0 Å². The molecule has 20 heavy (non-hydrogen) atoms. The van der Waals surface area contributed by atoms with Crippen molar-refractivity contribution in [3.05, 3.63) is 54.1 Å². The van der Waals surface area contributed by atoms with Crippen molar-refractivity contribution in [1.29, 1.82) is 0 Å². The van der Waals surface area contributed by atoms with Gasteiger partial charge in [0, 0.05) is 10.6 Å². The highest BCUT2D eigenvalue weighted by atomic mass is 32.2. The Bertz CT molecular complexity index is 564. The van der Waals surface area contributed by atoms with Gasteiger partial charge in [0.05, 0.1) is 6.42 Å². The molecule has 0 saturated heterocycles. The molecule has 2 aromatic rings. The van der Waals surface area contributed by atoms with E-state index in [1.165, 1.54) is 4.90 Å². The maximum absolute atomic E-state index is 11.9. The number of carbonyl (C=O) groups is 1. The lowest BCUT2D eigenvalue weighted by atomic mass is 10.1. The van der Waals surface area contributed by atoms with Crippen LogP contribution in [0.3, 0.4) is 0 Å². The summed E-state index contributed by atoms with van der Waals surface area (Å²) in [5, 5.41) is 12.0. The number of anilines is 1. The van der Waals surface area contributed by atoms with Crippen LogP contribution in [0.25, 0.3) is 0 Å². The van der Waals surface area contributed by atoms with Crippen LogP contribution in [0.5, 0.6) is 5.75 Å². The summed E-state index contributed by atoms with van der Waals surface area (Å²) < 4.78 is 0. The molecule has 0 unspecified atom stereocenters. The first-order valence-corrected chi connectivity index (χ1v) is 7.46. The molecule has 0 fully saturated rings. The minimum Gasteiger partial charge on any atom is -0.508 e. The predicted octanol–water partition coefficient (Wildman–Crippen LogP) is 3.69. The number of nitrogens with one attached hydrogen (secondary N) is 1. The molecule has 0 atom stereocenters. The Hall–Kier alpha value is -1.94. The van der Waals surface area contributed by atoms with Crippen LogP contribution in [0.1, 0.15) is 12.5 Å². The molecule has 1 amide bonds. The lowest BCUT2D eigenvalue weighted by Crippen LogP contribution is -2.14. The van der Waals surface area contributed by atoms with Gasteiger partial charge in [0.25, 0.3) is 0 Å². The Morgan fingerprint density at radius 2 is 1.75 bits per heavy atom. The molecular weight excluding hydrogens is 270 g/mol. The summed E-state index contributed by atoms with van der Waals surface area (Å²) in [7, 11) is 0. The molecule has 0 aliphatic heterocycles. The number of hydrogen-bond acceptors (Lipinski definition) is 3. The molecular formula is C16H17NO2S.